The molecule has 0 aliphatic rings. The van der Waals surface area contributed by atoms with E-state index in [0.717, 1.165) is 5.69 Å². The van der Waals surface area contributed by atoms with Gasteiger partial charge in [-0.2, -0.15) is 10.4 Å². The van der Waals surface area contributed by atoms with Gasteiger partial charge in [0.2, 0.25) is 0 Å². The molecule has 6 nitrogen and oxygen atoms in total. The molecule has 0 amide bonds. The molecule has 3 rings (SSSR count). The van der Waals surface area contributed by atoms with Crippen molar-refractivity contribution in [3.8, 4) is 17.5 Å². The van der Waals surface area contributed by atoms with Crippen molar-refractivity contribution >= 4 is 5.97 Å². The first-order valence-electron chi connectivity index (χ1n) is 8.58. The third-order valence-corrected chi connectivity index (χ3v) is 4.02. The lowest BCUT2D eigenvalue weighted by molar-refractivity contribution is 0.0460. The average Bonchev–Trinajstić information content (AvgIpc) is 3.02. The van der Waals surface area contributed by atoms with Crippen LogP contribution in [0.2, 0.25) is 0 Å². The molecule has 0 N–H and O–H groups in total. The third kappa shape index (κ3) is 3.82. The van der Waals surface area contributed by atoms with E-state index >= 15 is 0 Å². The number of nitriles is 1. The minimum atomic E-state index is -0.513. The fourth-order valence-electron chi connectivity index (χ4n) is 2.76. The smallest absolute Gasteiger partial charge is 0.342 e. The Morgan fingerprint density at radius 3 is 2.56 bits per heavy atom. The normalized spacial score (nSPS) is 10.3. The molecule has 2 aromatic carbocycles. The van der Waals surface area contributed by atoms with Crippen molar-refractivity contribution in [1.29, 1.82) is 5.26 Å². The van der Waals surface area contributed by atoms with E-state index in [-0.39, 0.29) is 6.61 Å². The van der Waals surface area contributed by atoms with Crippen molar-refractivity contribution in [2.24, 2.45) is 0 Å². The minimum absolute atomic E-state index is 0.0715. The fourth-order valence-corrected chi connectivity index (χ4v) is 2.76. The summed E-state index contributed by atoms with van der Waals surface area (Å²) in [6, 6.07) is 18.5. The van der Waals surface area contributed by atoms with Crippen molar-refractivity contribution < 1.29 is 14.3 Å². The highest BCUT2D eigenvalue weighted by Gasteiger charge is 2.20. The van der Waals surface area contributed by atoms with Gasteiger partial charge in [0.15, 0.2) is 0 Å². The number of aryl methyl sites for hydroxylation is 1. The fraction of sp³-hybridized carbons (Fsp3) is 0.190. The summed E-state index contributed by atoms with van der Waals surface area (Å²) in [6.45, 7) is 3.98. The molecular formula is C21H19N3O3. The molecule has 1 heterocycles. The highest BCUT2D eigenvalue weighted by atomic mass is 16.5. The van der Waals surface area contributed by atoms with E-state index in [4.69, 9.17) is 9.47 Å². The Morgan fingerprint density at radius 1 is 1.15 bits per heavy atom. The van der Waals surface area contributed by atoms with Crippen LogP contribution in [0, 0.1) is 18.3 Å². The summed E-state index contributed by atoms with van der Waals surface area (Å²) in [7, 11) is 0. The Morgan fingerprint density at radius 2 is 1.85 bits per heavy atom. The second kappa shape index (κ2) is 8.19. The molecular weight excluding hydrogens is 342 g/mol. The predicted octanol–water partition coefficient (Wildman–Crippen LogP) is 3.81. The van der Waals surface area contributed by atoms with E-state index in [9.17, 15) is 10.1 Å². The standard InChI is InChI=1S/C21H19N3O3/c1-3-26-20-12-8-7-11-17(20)21(25)27-14-19-18(13-22)15(2)23-24(19)16-9-5-4-6-10-16/h4-12H,3,14H2,1-2H3. The lowest BCUT2D eigenvalue weighted by Gasteiger charge is -2.11. The number of benzene rings is 2. The maximum absolute atomic E-state index is 12.6. The molecule has 0 bridgehead atoms. The second-order valence-electron chi connectivity index (χ2n) is 5.77. The molecule has 0 spiro atoms. The van der Waals surface area contributed by atoms with E-state index < -0.39 is 5.97 Å². The zero-order valence-corrected chi connectivity index (χ0v) is 15.2. The number of esters is 1. The van der Waals surface area contributed by atoms with Gasteiger partial charge in [-0.05, 0) is 38.1 Å². The van der Waals surface area contributed by atoms with Crippen LogP contribution < -0.4 is 4.74 Å². The Labute approximate surface area is 157 Å². The Balaban J connectivity index is 1.88. The number of nitrogens with zero attached hydrogens (tertiary/aromatic N) is 3. The van der Waals surface area contributed by atoms with Gasteiger partial charge in [0.25, 0.3) is 0 Å². The van der Waals surface area contributed by atoms with Gasteiger partial charge in [0, 0.05) is 0 Å². The molecule has 136 valence electrons. The first-order chi connectivity index (χ1) is 13.2. The summed E-state index contributed by atoms with van der Waals surface area (Å²) >= 11 is 0. The number of carbonyl (C=O) groups is 1. The van der Waals surface area contributed by atoms with Gasteiger partial charge in [-0.15, -0.1) is 0 Å². The van der Waals surface area contributed by atoms with E-state index in [1.165, 1.54) is 0 Å². The van der Waals surface area contributed by atoms with E-state index in [1.54, 1.807) is 35.9 Å². The topological polar surface area (TPSA) is 77.1 Å². The van der Waals surface area contributed by atoms with E-state index in [0.29, 0.717) is 34.9 Å². The summed E-state index contributed by atoms with van der Waals surface area (Å²) in [6.07, 6.45) is 0. The number of aromatic nitrogens is 2. The lowest BCUT2D eigenvalue weighted by Crippen LogP contribution is -2.11. The maximum Gasteiger partial charge on any atom is 0.342 e. The van der Waals surface area contributed by atoms with Crippen LogP contribution in [-0.2, 0) is 11.3 Å². The van der Waals surface area contributed by atoms with Crippen molar-refractivity contribution in [3.05, 3.63) is 77.1 Å². The quantitative estimate of drug-likeness (QED) is 0.624. The Kier molecular flexibility index (Phi) is 5.53. The molecule has 3 aromatic rings. The molecule has 0 unspecified atom stereocenters. The molecule has 27 heavy (non-hydrogen) atoms. The van der Waals surface area contributed by atoms with Gasteiger partial charge in [0.05, 0.1) is 23.7 Å². The highest BCUT2D eigenvalue weighted by Crippen LogP contribution is 2.22. The summed E-state index contributed by atoms with van der Waals surface area (Å²) in [5.41, 5.74) is 2.67. The molecule has 1 aromatic heterocycles. The molecule has 0 radical (unpaired) electrons. The minimum Gasteiger partial charge on any atom is -0.493 e. The number of hydrogen-bond donors (Lipinski definition) is 0. The zero-order valence-electron chi connectivity index (χ0n) is 15.2. The number of rotatable bonds is 6. The molecule has 0 saturated carbocycles. The van der Waals surface area contributed by atoms with Crippen molar-refractivity contribution in [2.45, 2.75) is 20.5 Å². The number of carbonyl (C=O) groups excluding carboxylic acids is 1. The summed E-state index contributed by atoms with van der Waals surface area (Å²) in [4.78, 5) is 12.6. The predicted molar refractivity (Wildman–Crippen MR) is 99.7 cm³/mol. The molecule has 6 heteroatoms. The van der Waals surface area contributed by atoms with Gasteiger partial charge < -0.3 is 9.47 Å². The molecule has 0 atom stereocenters. The Hall–Kier alpha value is -3.59. The summed E-state index contributed by atoms with van der Waals surface area (Å²) in [5.74, 6) is -0.0420. The van der Waals surface area contributed by atoms with Crippen LogP contribution in [0.5, 0.6) is 5.75 Å². The van der Waals surface area contributed by atoms with Crippen LogP contribution in [0.1, 0.15) is 34.2 Å². The van der Waals surface area contributed by atoms with Crippen molar-refractivity contribution in [1.82, 2.24) is 9.78 Å². The number of hydrogen-bond acceptors (Lipinski definition) is 5. The van der Waals surface area contributed by atoms with Gasteiger partial charge in [-0.3, -0.25) is 0 Å². The van der Waals surface area contributed by atoms with Gasteiger partial charge in [-0.25, -0.2) is 9.48 Å². The largest absolute Gasteiger partial charge is 0.493 e. The monoisotopic (exact) mass is 361 g/mol. The molecule has 0 aliphatic carbocycles. The van der Waals surface area contributed by atoms with E-state index in [2.05, 4.69) is 11.2 Å². The summed E-state index contributed by atoms with van der Waals surface area (Å²) in [5, 5.41) is 13.9. The van der Waals surface area contributed by atoms with Crippen molar-refractivity contribution in [2.75, 3.05) is 6.61 Å². The van der Waals surface area contributed by atoms with Gasteiger partial charge >= 0.3 is 5.97 Å². The van der Waals surface area contributed by atoms with Crippen LogP contribution >= 0.6 is 0 Å². The van der Waals surface area contributed by atoms with Crippen molar-refractivity contribution in [3.63, 3.8) is 0 Å². The second-order valence-corrected chi connectivity index (χ2v) is 5.77. The molecule has 0 aliphatic heterocycles. The SMILES string of the molecule is CCOc1ccccc1C(=O)OCc1c(C#N)c(C)nn1-c1ccccc1. The first kappa shape index (κ1) is 18.2. The zero-order chi connectivity index (χ0) is 19.2. The van der Waals surface area contributed by atoms with Crippen LogP contribution in [0.15, 0.2) is 54.6 Å². The van der Waals surface area contributed by atoms with E-state index in [1.807, 2.05) is 37.3 Å². The number of ether oxygens (including phenoxy) is 2. The van der Waals surface area contributed by atoms with Crippen LogP contribution in [-0.4, -0.2) is 22.4 Å². The average molecular weight is 361 g/mol. The Bertz CT molecular complexity index is 988. The van der Waals surface area contributed by atoms with Gasteiger partial charge in [-0.1, -0.05) is 30.3 Å². The van der Waals surface area contributed by atoms with Gasteiger partial charge in [0.1, 0.15) is 29.6 Å². The first-order valence-corrected chi connectivity index (χ1v) is 8.58. The third-order valence-electron chi connectivity index (χ3n) is 4.02. The van der Waals surface area contributed by atoms with Crippen LogP contribution in [0.3, 0.4) is 0 Å². The molecule has 0 saturated heterocycles. The summed E-state index contributed by atoms with van der Waals surface area (Å²) < 4.78 is 12.6. The lowest BCUT2D eigenvalue weighted by atomic mass is 10.2. The van der Waals surface area contributed by atoms with Crippen LogP contribution in [0.25, 0.3) is 5.69 Å². The maximum atomic E-state index is 12.6. The highest BCUT2D eigenvalue weighted by molar-refractivity contribution is 5.92. The van der Waals surface area contributed by atoms with Crippen LogP contribution in [0.4, 0.5) is 0 Å². The molecule has 0 fully saturated rings. The number of para-hydroxylation sites is 2.